The summed E-state index contributed by atoms with van der Waals surface area (Å²) in [6.45, 7) is 4.05. The summed E-state index contributed by atoms with van der Waals surface area (Å²) in [5.74, 6) is 1.26. The van der Waals surface area contributed by atoms with Gasteiger partial charge in [0, 0.05) is 49.0 Å². The summed E-state index contributed by atoms with van der Waals surface area (Å²) < 4.78 is 4.96. The second-order valence-electron chi connectivity index (χ2n) is 6.40. The molecule has 2 atom stereocenters. The van der Waals surface area contributed by atoms with E-state index in [1.165, 1.54) is 4.88 Å². The normalized spacial score (nSPS) is 23.4. The Morgan fingerprint density at radius 2 is 2.00 bits per heavy atom. The van der Waals surface area contributed by atoms with Crippen LogP contribution in [0, 0.1) is 12.8 Å². The summed E-state index contributed by atoms with van der Waals surface area (Å²) >= 11 is 1.73. The summed E-state index contributed by atoms with van der Waals surface area (Å²) in [4.78, 5) is 29.9. The van der Waals surface area contributed by atoms with E-state index in [2.05, 4.69) is 16.6 Å². The van der Waals surface area contributed by atoms with Crippen LogP contribution in [0.1, 0.15) is 33.5 Å². The lowest BCUT2D eigenvalue weighted by Crippen LogP contribution is -2.51. The Hall–Kier alpha value is -2.15. The quantitative estimate of drug-likeness (QED) is 0.855. The number of nitrogens with zero attached hydrogens (tertiary/aromatic N) is 3. The lowest BCUT2D eigenvalue weighted by Gasteiger charge is -2.34. The van der Waals surface area contributed by atoms with Crippen molar-refractivity contribution in [3.05, 3.63) is 39.9 Å². The first kappa shape index (κ1) is 15.4. The molecule has 0 radical (unpaired) electrons. The van der Waals surface area contributed by atoms with Gasteiger partial charge in [0.25, 0.3) is 5.91 Å². The van der Waals surface area contributed by atoms with Gasteiger partial charge in [-0.25, -0.2) is 0 Å². The summed E-state index contributed by atoms with van der Waals surface area (Å²) in [6.07, 6.45) is 0.955. The summed E-state index contributed by atoms with van der Waals surface area (Å²) in [6, 6.07) is 5.80. The molecule has 6 nitrogen and oxygen atoms in total. The van der Waals surface area contributed by atoms with Gasteiger partial charge in [-0.05, 0) is 24.8 Å². The number of piperazine rings is 1. The van der Waals surface area contributed by atoms with Gasteiger partial charge in [0.15, 0.2) is 5.69 Å². The van der Waals surface area contributed by atoms with E-state index in [1.54, 1.807) is 29.2 Å². The molecule has 2 amide bonds. The molecule has 1 saturated heterocycles. The standard InChI is InChI=1S/C17H19N3O3S/c1-11-9-14(18-23-11)17(22)20-6-4-19(5-7-20)16(21)13-10-12(13)15-3-2-8-24-15/h2-3,8-9,12-13H,4-7,10H2,1H3/t12-,13+/m0/s1. The highest BCUT2D eigenvalue weighted by Crippen LogP contribution is 2.50. The van der Waals surface area contributed by atoms with Gasteiger partial charge in [-0.1, -0.05) is 11.2 Å². The summed E-state index contributed by atoms with van der Waals surface area (Å²) in [7, 11) is 0. The van der Waals surface area contributed by atoms with E-state index in [0.29, 0.717) is 43.6 Å². The van der Waals surface area contributed by atoms with Crippen molar-refractivity contribution in [3.8, 4) is 0 Å². The second-order valence-corrected chi connectivity index (χ2v) is 7.38. The van der Waals surface area contributed by atoms with E-state index < -0.39 is 0 Å². The third-order valence-electron chi connectivity index (χ3n) is 4.74. The highest BCUT2D eigenvalue weighted by Gasteiger charge is 2.46. The Bertz CT molecular complexity index is 747. The third kappa shape index (κ3) is 2.84. The maximum absolute atomic E-state index is 12.6. The Balaban J connectivity index is 1.32. The van der Waals surface area contributed by atoms with Crippen LogP contribution in [0.5, 0.6) is 0 Å². The topological polar surface area (TPSA) is 66.7 Å². The Morgan fingerprint density at radius 3 is 2.62 bits per heavy atom. The van der Waals surface area contributed by atoms with Crippen LogP contribution in [0.4, 0.5) is 0 Å². The molecule has 7 heteroatoms. The van der Waals surface area contributed by atoms with E-state index in [1.807, 2.05) is 11.0 Å². The maximum Gasteiger partial charge on any atom is 0.276 e. The number of thiophene rings is 1. The highest BCUT2D eigenvalue weighted by atomic mass is 32.1. The zero-order valence-corrected chi connectivity index (χ0v) is 14.3. The van der Waals surface area contributed by atoms with Crippen molar-refractivity contribution >= 4 is 23.2 Å². The molecule has 1 aliphatic heterocycles. The van der Waals surface area contributed by atoms with E-state index in [0.717, 1.165) is 6.42 Å². The predicted octanol–water partition coefficient (Wildman–Crippen LogP) is 2.13. The minimum atomic E-state index is -0.123. The van der Waals surface area contributed by atoms with Gasteiger partial charge in [0.05, 0.1) is 0 Å². The zero-order chi connectivity index (χ0) is 16.7. The van der Waals surface area contributed by atoms with E-state index >= 15 is 0 Å². The molecule has 0 unspecified atom stereocenters. The average molecular weight is 345 g/mol. The van der Waals surface area contributed by atoms with Crippen LogP contribution in [-0.2, 0) is 4.79 Å². The van der Waals surface area contributed by atoms with Gasteiger partial charge in [-0.2, -0.15) is 0 Å². The second kappa shape index (κ2) is 6.05. The molecular formula is C17H19N3O3S. The molecular weight excluding hydrogens is 326 g/mol. The highest BCUT2D eigenvalue weighted by molar-refractivity contribution is 7.10. The van der Waals surface area contributed by atoms with Gasteiger partial charge in [-0.15, -0.1) is 11.3 Å². The van der Waals surface area contributed by atoms with Crippen LogP contribution < -0.4 is 0 Å². The smallest absolute Gasteiger partial charge is 0.276 e. The van der Waals surface area contributed by atoms with Crippen molar-refractivity contribution in [2.45, 2.75) is 19.3 Å². The molecule has 2 aromatic rings. The number of carbonyl (C=O) groups excluding carboxylic acids is 2. The molecule has 0 aromatic carbocycles. The van der Waals surface area contributed by atoms with Crippen molar-refractivity contribution in [3.63, 3.8) is 0 Å². The van der Waals surface area contributed by atoms with Crippen LogP contribution in [0.2, 0.25) is 0 Å². The van der Waals surface area contributed by atoms with Crippen molar-refractivity contribution in [2.75, 3.05) is 26.2 Å². The fraction of sp³-hybridized carbons (Fsp3) is 0.471. The van der Waals surface area contributed by atoms with Gasteiger partial charge in [0.2, 0.25) is 5.91 Å². The molecule has 2 aliphatic rings. The van der Waals surface area contributed by atoms with Gasteiger partial charge in [0.1, 0.15) is 5.76 Å². The van der Waals surface area contributed by atoms with Gasteiger partial charge < -0.3 is 14.3 Å². The number of hydrogen-bond donors (Lipinski definition) is 0. The van der Waals surface area contributed by atoms with E-state index in [9.17, 15) is 9.59 Å². The zero-order valence-electron chi connectivity index (χ0n) is 13.5. The Morgan fingerprint density at radius 1 is 1.25 bits per heavy atom. The molecule has 0 N–H and O–H groups in total. The summed E-state index contributed by atoms with van der Waals surface area (Å²) in [5.41, 5.74) is 0.340. The fourth-order valence-corrected chi connectivity index (χ4v) is 4.18. The van der Waals surface area contributed by atoms with Crippen molar-refractivity contribution in [1.82, 2.24) is 15.0 Å². The van der Waals surface area contributed by atoms with Crippen molar-refractivity contribution < 1.29 is 14.1 Å². The van der Waals surface area contributed by atoms with Gasteiger partial charge >= 0.3 is 0 Å². The fourth-order valence-electron chi connectivity index (χ4n) is 3.28. The van der Waals surface area contributed by atoms with Crippen LogP contribution in [0.25, 0.3) is 0 Å². The van der Waals surface area contributed by atoms with E-state index in [-0.39, 0.29) is 17.7 Å². The Labute approximate surface area is 144 Å². The Kier molecular flexibility index (Phi) is 3.88. The molecule has 1 saturated carbocycles. The maximum atomic E-state index is 12.6. The summed E-state index contributed by atoms with van der Waals surface area (Å²) in [5, 5.41) is 5.84. The molecule has 24 heavy (non-hydrogen) atoms. The number of carbonyl (C=O) groups is 2. The first-order chi connectivity index (χ1) is 11.6. The van der Waals surface area contributed by atoms with E-state index in [4.69, 9.17) is 4.52 Å². The number of rotatable bonds is 3. The van der Waals surface area contributed by atoms with Gasteiger partial charge in [-0.3, -0.25) is 9.59 Å². The molecule has 4 rings (SSSR count). The minimum absolute atomic E-state index is 0.123. The largest absolute Gasteiger partial charge is 0.361 e. The number of amides is 2. The lowest BCUT2D eigenvalue weighted by atomic mass is 10.2. The molecule has 0 spiro atoms. The third-order valence-corrected chi connectivity index (χ3v) is 5.75. The first-order valence-corrected chi connectivity index (χ1v) is 9.06. The molecule has 0 bridgehead atoms. The number of aryl methyl sites for hydroxylation is 1. The van der Waals surface area contributed by atoms with Crippen LogP contribution in [0.15, 0.2) is 28.1 Å². The minimum Gasteiger partial charge on any atom is -0.361 e. The molecule has 2 aromatic heterocycles. The first-order valence-electron chi connectivity index (χ1n) is 8.18. The van der Waals surface area contributed by atoms with Crippen LogP contribution in [0.3, 0.4) is 0 Å². The molecule has 1 aliphatic carbocycles. The lowest BCUT2D eigenvalue weighted by molar-refractivity contribution is -0.134. The predicted molar refractivity (Wildman–Crippen MR) is 88.9 cm³/mol. The molecule has 3 heterocycles. The molecule has 2 fully saturated rings. The number of aromatic nitrogens is 1. The average Bonchev–Trinajstić information content (AvgIpc) is 3.00. The van der Waals surface area contributed by atoms with Crippen LogP contribution >= 0.6 is 11.3 Å². The van der Waals surface area contributed by atoms with Crippen molar-refractivity contribution in [1.29, 1.82) is 0 Å². The monoisotopic (exact) mass is 345 g/mol. The SMILES string of the molecule is Cc1cc(C(=O)N2CCN(C(=O)[C@@H]3C[C@@H]3c3cccs3)CC2)no1. The molecule has 126 valence electrons. The van der Waals surface area contributed by atoms with Crippen molar-refractivity contribution in [2.24, 2.45) is 5.92 Å². The van der Waals surface area contributed by atoms with Crippen LogP contribution in [-0.4, -0.2) is 52.9 Å². The number of hydrogen-bond acceptors (Lipinski definition) is 5.